The first-order chi connectivity index (χ1) is 10.1. The lowest BCUT2D eigenvalue weighted by Crippen LogP contribution is -2.39. The van der Waals surface area contributed by atoms with Crippen LogP contribution in [0.3, 0.4) is 0 Å². The zero-order chi connectivity index (χ0) is 15.2. The first-order valence-corrected chi connectivity index (χ1v) is 8.26. The number of rotatable bonds is 7. The SMILES string of the molecule is CC(C)N(C)C[C@H](O)CNCc1ccc2c(c1)CCCC2. The highest BCUT2D eigenvalue weighted by molar-refractivity contribution is 5.33. The highest BCUT2D eigenvalue weighted by atomic mass is 16.3. The van der Waals surface area contributed by atoms with Gasteiger partial charge in [-0.05, 0) is 63.3 Å². The molecule has 0 fully saturated rings. The van der Waals surface area contributed by atoms with Gasteiger partial charge in [0, 0.05) is 25.7 Å². The number of nitrogens with zero attached hydrogens (tertiary/aromatic N) is 1. The topological polar surface area (TPSA) is 35.5 Å². The Morgan fingerprint density at radius 1 is 1.19 bits per heavy atom. The molecule has 2 rings (SSSR count). The van der Waals surface area contributed by atoms with Gasteiger partial charge in [0.25, 0.3) is 0 Å². The van der Waals surface area contributed by atoms with Crippen molar-refractivity contribution in [3.8, 4) is 0 Å². The van der Waals surface area contributed by atoms with Crippen molar-refractivity contribution in [2.45, 2.75) is 58.2 Å². The normalized spacial score (nSPS) is 16.3. The Kier molecular flexibility index (Phi) is 6.22. The summed E-state index contributed by atoms with van der Waals surface area (Å²) in [6.07, 6.45) is 4.81. The lowest BCUT2D eigenvalue weighted by molar-refractivity contribution is 0.110. The van der Waals surface area contributed by atoms with Gasteiger partial charge in [-0.3, -0.25) is 0 Å². The molecule has 1 aliphatic rings. The molecule has 1 aliphatic carbocycles. The van der Waals surface area contributed by atoms with Gasteiger partial charge in [0.05, 0.1) is 6.10 Å². The van der Waals surface area contributed by atoms with Crippen LogP contribution in [0.4, 0.5) is 0 Å². The molecule has 0 saturated heterocycles. The van der Waals surface area contributed by atoms with Gasteiger partial charge in [-0.1, -0.05) is 18.2 Å². The van der Waals surface area contributed by atoms with Gasteiger partial charge in [0.2, 0.25) is 0 Å². The van der Waals surface area contributed by atoms with E-state index in [4.69, 9.17) is 0 Å². The number of hydrogen-bond donors (Lipinski definition) is 2. The Balaban J connectivity index is 1.75. The summed E-state index contributed by atoms with van der Waals surface area (Å²) in [7, 11) is 2.05. The Bertz CT molecular complexity index is 445. The van der Waals surface area contributed by atoms with Gasteiger partial charge in [0.15, 0.2) is 0 Å². The van der Waals surface area contributed by atoms with Crippen LogP contribution in [0.1, 0.15) is 43.4 Å². The molecular formula is C18H30N2O. The van der Waals surface area contributed by atoms with Crippen molar-refractivity contribution in [1.29, 1.82) is 0 Å². The van der Waals surface area contributed by atoms with Gasteiger partial charge in [-0.2, -0.15) is 0 Å². The van der Waals surface area contributed by atoms with E-state index in [-0.39, 0.29) is 6.10 Å². The van der Waals surface area contributed by atoms with Crippen LogP contribution in [0, 0.1) is 0 Å². The van der Waals surface area contributed by atoms with E-state index in [1.165, 1.54) is 42.4 Å². The number of nitrogens with one attached hydrogen (secondary N) is 1. The number of fused-ring (bicyclic) bond motifs is 1. The maximum absolute atomic E-state index is 10.0. The van der Waals surface area contributed by atoms with E-state index in [0.717, 1.165) is 13.1 Å². The third-order valence-electron chi connectivity index (χ3n) is 4.50. The molecule has 1 atom stereocenters. The molecule has 0 radical (unpaired) electrons. The van der Waals surface area contributed by atoms with E-state index in [0.29, 0.717) is 12.6 Å². The van der Waals surface area contributed by atoms with E-state index in [1.807, 2.05) is 0 Å². The Hall–Kier alpha value is -0.900. The molecule has 3 heteroatoms. The fourth-order valence-corrected chi connectivity index (χ4v) is 2.89. The molecule has 0 aromatic heterocycles. The smallest absolute Gasteiger partial charge is 0.0791 e. The van der Waals surface area contributed by atoms with E-state index < -0.39 is 0 Å². The van der Waals surface area contributed by atoms with E-state index >= 15 is 0 Å². The average molecular weight is 290 g/mol. The largest absolute Gasteiger partial charge is 0.390 e. The Morgan fingerprint density at radius 3 is 2.62 bits per heavy atom. The van der Waals surface area contributed by atoms with Crippen LogP contribution >= 0.6 is 0 Å². The highest BCUT2D eigenvalue weighted by Crippen LogP contribution is 2.22. The predicted molar refractivity (Wildman–Crippen MR) is 88.6 cm³/mol. The Labute approximate surface area is 129 Å². The summed E-state index contributed by atoms with van der Waals surface area (Å²) in [6.45, 7) is 6.50. The lowest BCUT2D eigenvalue weighted by atomic mass is 9.90. The number of aryl methyl sites for hydroxylation is 2. The molecule has 3 nitrogen and oxygen atoms in total. The molecule has 0 spiro atoms. The van der Waals surface area contributed by atoms with Crippen LogP contribution in [-0.4, -0.2) is 42.3 Å². The van der Waals surface area contributed by atoms with Crippen molar-refractivity contribution < 1.29 is 5.11 Å². The molecule has 1 aromatic rings. The maximum atomic E-state index is 10.0. The summed E-state index contributed by atoms with van der Waals surface area (Å²) in [5, 5.41) is 13.4. The van der Waals surface area contributed by atoms with Crippen LogP contribution in [-0.2, 0) is 19.4 Å². The summed E-state index contributed by atoms with van der Waals surface area (Å²) in [4.78, 5) is 2.17. The highest BCUT2D eigenvalue weighted by Gasteiger charge is 2.11. The minimum atomic E-state index is -0.310. The quantitative estimate of drug-likeness (QED) is 0.809. The van der Waals surface area contributed by atoms with Crippen LogP contribution in [0.2, 0.25) is 0 Å². The van der Waals surface area contributed by atoms with Crippen molar-refractivity contribution in [3.05, 3.63) is 34.9 Å². The third-order valence-corrected chi connectivity index (χ3v) is 4.50. The summed E-state index contributed by atoms with van der Waals surface area (Å²) < 4.78 is 0. The van der Waals surface area contributed by atoms with Crippen molar-refractivity contribution in [2.75, 3.05) is 20.1 Å². The molecule has 0 bridgehead atoms. The van der Waals surface area contributed by atoms with Crippen LogP contribution in [0.5, 0.6) is 0 Å². The zero-order valence-electron chi connectivity index (χ0n) is 13.7. The fraction of sp³-hybridized carbons (Fsp3) is 0.667. The monoisotopic (exact) mass is 290 g/mol. The second-order valence-electron chi connectivity index (χ2n) is 6.63. The first-order valence-electron chi connectivity index (χ1n) is 8.26. The predicted octanol–water partition coefficient (Wildman–Crippen LogP) is 2.36. The van der Waals surface area contributed by atoms with Crippen molar-refractivity contribution in [1.82, 2.24) is 10.2 Å². The number of benzene rings is 1. The molecule has 21 heavy (non-hydrogen) atoms. The van der Waals surface area contributed by atoms with Crippen molar-refractivity contribution in [2.24, 2.45) is 0 Å². The molecule has 0 aliphatic heterocycles. The molecule has 0 amide bonds. The summed E-state index contributed by atoms with van der Waals surface area (Å²) >= 11 is 0. The van der Waals surface area contributed by atoms with Gasteiger partial charge in [0.1, 0.15) is 0 Å². The second-order valence-corrected chi connectivity index (χ2v) is 6.63. The minimum Gasteiger partial charge on any atom is -0.390 e. The zero-order valence-corrected chi connectivity index (χ0v) is 13.7. The van der Waals surface area contributed by atoms with E-state index in [9.17, 15) is 5.11 Å². The Morgan fingerprint density at radius 2 is 1.90 bits per heavy atom. The number of aliphatic hydroxyl groups is 1. The van der Waals surface area contributed by atoms with Gasteiger partial charge >= 0.3 is 0 Å². The fourth-order valence-electron chi connectivity index (χ4n) is 2.89. The molecule has 1 aromatic carbocycles. The molecule has 0 heterocycles. The van der Waals surface area contributed by atoms with Crippen molar-refractivity contribution in [3.63, 3.8) is 0 Å². The van der Waals surface area contributed by atoms with Crippen LogP contribution in [0.15, 0.2) is 18.2 Å². The molecular weight excluding hydrogens is 260 g/mol. The number of hydrogen-bond acceptors (Lipinski definition) is 3. The second kappa shape index (κ2) is 7.92. The summed E-state index contributed by atoms with van der Waals surface area (Å²) in [5.41, 5.74) is 4.39. The van der Waals surface area contributed by atoms with Gasteiger partial charge in [-0.25, -0.2) is 0 Å². The number of aliphatic hydroxyl groups excluding tert-OH is 1. The first kappa shape index (κ1) is 16.5. The van der Waals surface area contributed by atoms with Crippen LogP contribution in [0.25, 0.3) is 0 Å². The molecule has 2 N–H and O–H groups in total. The third kappa shape index (κ3) is 5.10. The minimum absolute atomic E-state index is 0.310. The summed E-state index contributed by atoms with van der Waals surface area (Å²) in [6, 6.07) is 7.33. The average Bonchev–Trinajstić information content (AvgIpc) is 2.47. The molecule has 118 valence electrons. The molecule has 0 unspecified atom stereocenters. The van der Waals surface area contributed by atoms with Gasteiger partial charge in [-0.15, -0.1) is 0 Å². The number of likely N-dealkylation sites (N-methyl/N-ethyl adjacent to an activating group) is 1. The van der Waals surface area contributed by atoms with Crippen LogP contribution < -0.4 is 5.32 Å². The van der Waals surface area contributed by atoms with Gasteiger partial charge < -0.3 is 15.3 Å². The maximum Gasteiger partial charge on any atom is 0.0791 e. The standard InChI is InChI=1S/C18H30N2O/c1-14(2)20(3)13-18(21)12-19-11-15-8-9-16-6-4-5-7-17(16)10-15/h8-10,14,18-19,21H,4-7,11-13H2,1-3H3/t18-/m1/s1. The van der Waals surface area contributed by atoms with Crippen molar-refractivity contribution >= 4 is 0 Å². The molecule has 0 saturated carbocycles. The lowest BCUT2D eigenvalue weighted by Gasteiger charge is -2.24. The summed E-state index contributed by atoms with van der Waals surface area (Å²) in [5.74, 6) is 0. The van der Waals surface area contributed by atoms with E-state index in [1.54, 1.807) is 0 Å². The van der Waals surface area contributed by atoms with E-state index in [2.05, 4.69) is 49.3 Å².